The van der Waals surface area contributed by atoms with Gasteiger partial charge < -0.3 is 4.57 Å². The molecule has 1 aromatic carbocycles. The van der Waals surface area contributed by atoms with Crippen LogP contribution in [0.4, 0.5) is 13.2 Å². The average molecular weight is 335 g/mol. The fourth-order valence-corrected chi connectivity index (χ4v) is 3.23. The highest BCUT2D eigenvalue weighted by Gasteiger charge is 2.27. The van der Waals surface area contributed by atoms with E-state index in [9.17, 15) is 18.4 Å². The highest BCUT2D eigenvalue weighted by molar-refractivity contribution is 7.13. The monoisotopic (exact) mass is 335 g/mol. The second-order valence-electron chi connectivity index (χ2n) is 5.24. The molecule has 0 saturated carbocycles. The number of nitrogens with zero attached hydrogens (tertiary/aromatic N) is 3. The number of alkyl halides is 3. The maximum absolute atomic E-state index is 12.4. The number of nitriles is 1. The van der Waals surface area contributed by atoms with Crippen molar-refractivity contribution in [2.24, 2.45) is 0 Å². The van der Waals surface area contributed by atoms with Crippen LogP contribution in [0, 0.1) is 18.3 Å². The van der Waals surface area contributed by atoms with Gasteiger partial charge in [0.25, 0.3) is 0 Å². The molecule has 0 fully saturated rings. The molecule has 0 bridgehead atoms. The van der Waals surface area contributed by atoms with Crippen LogP contribution >= 0.6 is 11.3 Å². The molecule has 3 aromatic rings. The Hall–Kier alpha value is -2.33. The summed E-state index contributed by atoms with van der Waals surface area (Å²) in [7, 11) is 0. The van der Waals surface area contributed by atoms with Crippen molar-refractivity contribution in [1.82, 2.24) is 9.55 Å². The molecule has 0 unspecified atom stereocenters. The Labute approximate surface area is 134 Å². The summed E-state index contributed by atoms with van der Waals surface area (Å²) in [6.07, 6.45) is -3.66. The fraction of sp³-hybridized carbons (Fsp3) is 0.250. The Kier molecular flexibility index (Phi) is 3.86. The third-order valence-corrected chi connectivity index (χ3v) is 4.51. The van der Waals surface area contributed by atoms with E-state index in [-0.39, 0.29) is 6.54 Å². The van der Waals surface area contributed by atoms with Crippen LogP contribution in [-0.4, -0.2) is 15.7 Å². The molecule has 0 saturated heterocycles. The first-order chi connectivity index (χ1) is 10.9. The number of aromatic nitrogens is 2. The molecular formula is C16H12F3N3S. The van der Waals surface area contributed by atoms with Crippen LogP contribution in [-0.2, 0) is 6.54 Å². The summed E-state index contributed by atoms with van der Waals surface area (Å²) < 4.78 is 38.8. The number of thiazole rings is 1. The fourth-order valence-electron chi connectivity index (χ4n) is 2.44. The SMILES string of the molecule is Cc1csc(-c2ccc3c(c2)c(C#N)cn3CCC(F)(F)F)n1. The van der Waals surface area contributed by atoms with Gasteiger partial charge in [0, 0.05) is 40.3 Å². The lowest BCUT2D eigenvalue weighted by molar-refractivity contribution is -0.136. The lowest BCUT2D eigenvalue weighted by Gasteiger charge is -2.08. The summed E-state index contributed by atoms with van der Waals surface area (Å²) in [6.45, 7) is 1.70. The minimum absolute atomic E-state index is 0.197. The van der Waals surface area contributed by atoms with Gasteiger partial charge in [0.2, 0.25) is 0 Å². The number of aryl methyl sites for hydroxylation is 2. The third-order valence-electron chi connectivity index (χ3n) is 3.50. The Morgan fingerprint density at radius 2 is 2.13 bits per heavy atom. The van der Waals surface area contributed by atoms with Crippen LogP contribution in [0.15, 0.2) is 29.8 Å². The number of hydrogen-bond acceptors (Lipinski definition) is 3. The van der Waals surface area contributed by atoms with Crippen LogP contribution < -0.4 is 0 Å². The molecule has 23 heavy (non-hydrogen) atoms. The van der Waals surface area contributed by atoms with E-state index in [1.165, 1.54) is 22.1 Å². The van der Waals surface area contributed by atoms with E-state index in [1.807, 2.05) is 24.4 Å². The van der Waals surface area contributed by atoms with Gasteiger partial charge in [0.15, 0.2) is 0 Å². The summed E-state index contributed by atoms with van der Waals surface area (Å²) in [4.78, 5) is 4.40. The molecule has 0 aliphatic heterocycles. The van der Waals surface area contributed by atoms with Crippen molar-refractivity contribution >= 4 is 22.2 Å². The van der Waals surface area contributed by atoms with Gasteiger partial charge in [-0.2, -0.15) is 18.4 Å². The zero-order chi connectivity index (χ0) is 16.6. The molecule has 0 atom stereocenters. The Morgan fingerprint density at radius 1 is 1.35 bits per heavy atom. The molecular weight excluding hydrogens is 323 g/mol. The third kappa shape index (κ3) is 3.22. The molecule has 7 heteroatoms. The molecule has 0 amide bonds. The standard InChI is InChI=1S/C16H12F3N3S/c1-10-9-23-15(21-10)11-2-3-14-13(6-11)12(7-20)8-22(14)5-4-16(17,18)19/h2-3,6,8-9H,4-5H2,1H3. The average Bonchev–Trinajstić information content (AvgIpc) is 3.07. The van der Waals surface area contributed by atoms with Crippen LogP contribution in [0.1, 0.15) is 17.7 Å². The summed E-state index contributed by atoms with van der Waals surface area (Å²) in [5.74, 6) is 0. The van der Waals surface area contributed by atoms with E-state index in [2.05, 4.69) is 11.1 Å². The molecule has 3 nitrogen and oxygen atoms in total. The summed E-state index contributed by atoms with van der Waals surface area (Å²) in [6, 6.07) is 7.44. The van der Waals surface area contributed by atoms with Crippen molar-refractivity contribution in [2.75, 3.05) is 0 Å². The molecule has 0 radical (unpaired) electrons. The maximum Gasteiger partial charge on any atom is 0.390 e. The van der Waals surface area contributed by atoms with E-state index in [0.29, 0.717) is 16.5 Å². The van der Waals surface area contributed by atoms with Gasteiger partial charge in [-0.3, -0.25) is 0 Å². The smallest absolute Gasteiger partial charge is 0.346 e. The van der Waals surface area contributed by atoms with Crippen LogP contribution in [0.2, 0.25) is 0 Å². The topological polar surface area (TPSA) is 41.6 Å². The Morgan fingerprint density at radius 3 is 2.74 bits per heavy atom. The first-order valence-corrected chi connectivity index (χ1v) is 7.77. The zero-order valence-corrected chi connectivity index (χ0v) is 13.0. The van der Waals surface area contributed by atoms with Crippen molar-refractivity contribution in [3.05, 3.63) is 41.0 Å². The largest absolute Gasteiger partial charge is 0.390 e. The van der Waals surface area contributed by atoms with Gasteiger partial charge in [-0.1, -0.05) is 0 Å². The van der Waals surface area contributed by atoms with Gasteiger partial charge in [0.1, 0.15) is 11.1 Å². The normalized spacial score (nSPS) is 11.8. The highest BCUT2D eigenvalue weighted by Crippen LogP contribution is 2.30. The Balaban J connectivity index is 2.04. The minimum atomic E-state index is -4.22. The molecule has 0 N–H and O–H groups in total. The summed E-state index contributed by atoms with van der Waals surface area (Å²) in [5.41, 5.74) is 2.77. The van der Waals surface area contributed by atoms with E-state index < -0.39 is 12.6 Å². The Bertz CT molecular complexity index is 900. The number of benzene rings is 1. The summed E-state index contributed by atoms with van der Waals surface area (Å²) >= 11 is 1.50. The molecule has 118 valence electrons. The second kappa shape index (κ2) is 5.70. The number of fused-ring (bicyclic) bond motifs is 1. The number of rotatable bonds is 3. The first kappa shape index (κ1) is 15.6. The molecule has 0 aliphatic carbocycles. The highest BCUT2D eigenvalue weighted by atomic mass is 32.1. The molecule has 2 aromatic heterocycles. The predicted molar refractivity (Wildman–Crippen MR) is 83.2 cm³/mol. The van der Waals surface area contributed by atoms with Crippen molar-refractivity contribution in [3.63, 3.8) is 0 Å². The van der Waals surface area contributed by atoms with Crippen LogP contribution in [0.3, 0.4) is 0 Å². The molecule has 2 heterocycles. The van der Waals surface area contributed by atoms with Crippen molar-refractivity contribution in [1.29, 1.82) is 5.26 Å². The van der Waals surface area contributed by atoms with Gasteiger partial charge in [-0.05, 0) is 25.1 Å². The second-order valence-corrected chi connectivity index (χ2v) is 6.10. The van der Waals surface area contributed by atoms with E-state index in [0.717, 1.165) is 16.3 Å². The number of halogens is 3. The first-order valence-electron chi connectivity index (χ1n) is 6.89. The van der Waals surface area contributed by atoms with E-state index in [1.54, 1.807) is 6.07 Å². The van der Waals surface area contributed by atoms with Gasteiger partial charge in [0.05, 0.1) is 12.0 Å². The van der Waals surface area contributed by atoms with Gasteiger partial charge in [-0.25, -0.2) is 4.98 Å². The zero-order valence-electron chi connectivity index (χ0n) is 12.2. The molecule has 3 rings (SSSR count). The van der Waals surface area contributed by atoms with Crippen LogP contribution in [0.25, 0.3) is 21.5 Å². The van der Waals surface area contributed by atoms with Crippen molar-refractivity contribution in [2.45, 2.75) is 26.1 Å². The summed E-state index contributed by atoms with van der Waals surface area (Å²) in [5, 5.41) is 12.7. The van der Waals surface area contributed by atoms with Crippen LogP contribution in [0.5, 0.6) is 0 Å². The van der Waals surface area contributed by atoms with E-state index in [4.69, 9.17) is 0 Å². The van der Waals surface area contributed by atoms with Gasteiger partial charge >= 0.3 is 6.18 Å². The lowest BCUT2D eigenvalue weighted by Crippen LogP contribution is -2.11. The number of hydrogen-bond donors (Lipinski definition) is 0. The minimum Gasteiger partial charge on any atom is -0.346 e. The van der Waals surface area contributed by atoms with Gasteiger partial charge in [-0.15, -0.1) is 11.3 Å². The van der Waals surface area contributed by atoms with Crippen molar-refractivity contribution < 1.29 is 13.2 Å². The quantitative estimate of drug-likeness (QED) is 0.683. The van der Waals surface area contributed by atoms with Crippen molar-refractivity contribution in [3.8, 4) is 16.6 Å². The molecule has 0 spiro atoms. The predicted octanol–water partition coefficient (Wildman–Crippen LogP) is 4.90. The molecule has 0 aliphatic rings. The lowest BCUT2D eigenvalue weighted by atomic mass is 10.1. The van der Waals surface area contributed by atoms with E-state index >= 15 is 0 Å². The maximum atomic E-state index is 12.4.